The lowest BCUT2D eigenvalue weighted by Crippen LogP contribution is -2.42. The van der Waals surface area contributed by atoms with E-state index in [1.807, 2.05) is 0 Å². The molecule has 0 aliphatic carbocycles. The number of hydrazine groups is 1. The first kappa shape index (κ1) is 24.9. The molecule has 1 saturated heterocycles. The van der Waals surface area contributed by atoms with Gasteiger partial charge in [-0.2, -0.15) is 0 Å². The van der Waals surface area contributed by atoms with E-state index in [4.69, 9.17) is 5.84 Å². The lowest BCUT2D eigenvalue weighted by atomic mass is 10.0. The van der Waals surface area contributed by atoms with Crippen molar-refractivity contribution in [3.05, 3.63) is 0 Å². The molecule has 0 aromatic carbocycles. The molecule has 1 atom stereocenters. The molecular formula is C24H51N3. The van der Waals surface area contributed by atoms with Crippen molar-refractivity contribution in [1.29, 1.82) is 0 Å². The molecule has 3 nitrogen and oxygen atoms in total. The van der Waals surface area contributed by atoms with Gasteiger partial charge in [-0.3, -0.25) is 10.7 Å². The lowest BCUT2D eigenvalue weighted by molar-refractivity contribution is 0.125. The zero-order valence-electron chi connectivity index (χ0n) is 18.9. The Bertz CT molecular complexity index is 306. The van der Waals surface area contributed by atoms with Gasteiger partial charge in [0.25, 0.3) is 0 Å². The van der Waals surface area contributed by atoms with Crippen LogP contribution in [-0.4, -0.2) is 35.7 Å². The summed E-state index contributed by atoms with van der Waals surface area (Å²) in [6.45, 7) is 7.98. The first-order valence-corrected chi connectivity index (χ1v) is 12.5. The third-order valence-corrected chi connectivity index (χ3v) is 6.28. The Hall–Kier alpha value is -0.120. The maximum absolute atomic E-state index is 6.16. The first-order chi connectivity index (χ1) is 13.3. The summed E-state index contributed by atoms with van der Waals surface area (Å²) in [5.41, 5.74) is 0. The van der Waals surface area contributed by atoms with Gasteiger partial charge in [0.05, 0.1) is 6.17 Å². The average molecular weight is 382 g/mol. The van der Waals surface area contributed by atoms with Crippen LogP contribution in [0.3, 0.4) is 0 Å². The van der Waals surface area contributed by atoms with E-state index in [1.165, 1.54) is 122 Å². The molecule has 2 N–H and O–H groups in total. The van der Waals surface area contributed by atoms with Gasteiger partial charge in [0.15, 0.2) is 0 Å². The maximum Gasteiger partial charge on any atom is 0.0756 e. The monoisotopic (exact) mass is 381 g/mol. The van der Waals surface area contributed by atoms with Crippen LogP contribution in [0.5, 0.6) is 0 Å². The van der Waals surface area contributed by atoms with Crippen LogP contribution in [0.25, 0.3) is 0 Å². The van der Waals surface area contributed by atoms with Crippen molar-refractivity contribution in [1.82, 2.24) is 9.91 Å². The summed E-state index contributed by atoms with van der Waals surface area (Å²) in [5, 5.41) is 2.07. The van der Waals surface area contributed by atoms with Gasteiger partial charge >= 0.3 is 0 Å². The summed E-state index contributed by atoms with van der Waals surface area (Å²) < 4.78 is 0. The zero-order valence-corrected chi connectivity index (χ0v) is 18.9. The topological polar surface area (TPSA) is 32.5 Å². The third kappa shape index (κ3) is 12.9. The van der Waals surface area contributed by atoms with Gasteiger partial charge in [-0.25, -0.2) is 5.01 Å². The van der Waals surface area contributed by atoms with Gasteiger partial charge in [0, 0.05) is 13.1 Å². The molecule has 1 rings (SSSR count). The quantitative estimate of drug-likeness (QED) is 0.196. The molecule has 0 spiro atoms. The molecule has 0 aromatic rings. The molecule has 0 bridgehead atoms. The number of hydrogen-bond donors (Lipinski definition) is 1. The molecule has 0 aromatic heterocycles. The zero-order chi connectivity index (χ0) is 19.6. The molecule has 1 aliphatic rings. The predicted octanol–water partition coefficient (Wildman–Crippen LogP) is 6.87. The Kier molecular flexibility index (Phi) is 16.6. The van der Waals surface area contributed by atoms with Gasteiger partial charge in [0.2, 0.25) is 0 Å². The van der Waals surface area contributed by atoms with Crippen LogP contribution in [0.2, 0.25) is 0 Å². The molecule has 1 unspecified atom stereocenters. The van der Waals surface area contributed by atoms with Crippen LogP contribution in [0.4, 0.5) is 0 Å². The Morgan fingerprint density at radius 1 is 0.593 bits per heavy atom. The second kappa shape index (κ2) is 17.9. The first-order valence-electron chi connectivity index (χ1n) is 12.5. The Morgan fingerprint density at radius 2 is 1.04 bits per heavy atom. The van der Waals surface area contributed by atoms with Crippen molar-refractivity contribution in [3.8, 4) is 0 Å². The van der Waals surface area contributed by atoms with Gasteiger partial charge in [-0.15, -0.1) is 0 Å². The molecule has 27 heavy (non-hydrogen) atoms. The largest absolute Gasteiger partial charge is 0.286 e. The minimum absolute atomic E-state index is 0.511. The summed E-state index contributed by atoms with van der Waals surface area (Å²) in [4.78, 5) is 2.57. The highest BCUT2D eigenvalue weighted by Gasteiger charge is 2.28. The van der Waals surface area contributed by atoms with Crippen LogP contribution in [0, 0.1) is 0 Å². The summed E-state index contributed by atoms with van der Waals surface area (Å²) in [6, 6.07) is 0. The molecule has 3 heteroatoms. The standard InChI is InChI=1S/C24H51N3/c1-3-5-6-7-8-9-10-11-12-13-14-15-16-17-18-19-20-24-26(21-4-2)22-23-27(24)25/h24H,3-23,25H2,1-2H3. The maximum atomic E-state index is 6.16. The van der Waals surface area contributed by atoms with Crippen LogP contribution in [0.15, 0.2) is 0 Å². The number of nitrogens with zero attached hydrogens (tertiary/aromatic N) is 2. The van der Waals surface area contributed by atoms with Crippen molar-refractivity contribution in [2.75, 3.05) is 19.6 Å². The molecule has 1 heterocycles. The number of rotatable bonds is 19. The van der Waals surface area contributed by atoms with Crippen molar-refractivity contribution in [2.24, 2.45) is 5.84 Å². The summed E-state index contributed by atoms with van der Waals surface area (Å²) >= 11 is 0. The number of nitrogens with two attached hydrogens (primary N) is 1. The smallest absolute Gasteiger partial charge is 0.0756 e. The highest BCUT2D eigenvalue weighted by molar-refractivity contribution is 4.78. The lowest BCUT2D eigenvalue weighted by Gasteiger charge is -2.27. The third-order valence-electron chi connectivity index (χ3n) is 6.28. The molecular weight excluding hydrogens is 330 g/mol. The highest BCUT2D eigenvalue weighted by Crippen LogP contribution is 2.19. The molecule has 1 fully saturated rings. The van der Waals surface area contributed by atoms with E-state index in [0.717, 1.165) is 13.1 Å². The van der Waals surface area contributed by atoms with Gasteiger partial charge < -0.3 is 0 Å². The Labute approximate surface area is 171 Å². The minimum Gasteiger partial charge on any atom is -0.286 e. The van der Waals surface area contributed by atoms with E-state index in [2.05, 4.69) is 23.8 Å². The molecule has 1 aliphatic heterocycles. The molecule has 0 saturated carbocycles. The van der Waals surface area contributed by atoms with Crippen molar-refractivity contribution >= 4 is 0 Å². The van der Waals surface area contributed by atoms with Gasteiger partial charge in [0.1, 0.15) is 0 Å². The molecule has 0 radical (unpaired) electrons. The second-order valence-electron chi connectivity index (χ2n) is 8.85. The fourth-order valence-corrected chi connectivity index (χ4v) is 4.52. The van der Waals surface area contributed by atoms with Crippen molar-refractivity contribution < 1.29 is 0 Å². The summed E-state index contributed by atoms with van der Waals surface area (Å²) in [7, 11) is 0. The van der Waals surface area contributed by atoms with Crippen LogP contribution in [0.1, 0.15) is 129 Å². The fourth-order valence-electron chi connectivity index (χ4n) is 4.52. The number of unbranched alkanes of at least 4 members (excludes halogenated alkanes) is 15. The fraction of sp³-hybridized carbons (Fsp3) is 1.00. The Morgan fingerprint density at radius 3 is 1.48 bits per heavy atom. The summed E-state index contributed by atoms with van der Waals surface area (Å²) in [6.07, 6.45) is 26.1. The normalized spacial score (nSPS) is 18.6. The van der Waals surface area contributed by atoms with E-state index in [-0.39, 0.29) is 0 Å². The second-order valence-corrected chi connectivity index (χ2v) is 8.85. The SMILES string of the molecule is CCCCCCCCCCCCCCCCCCC1N(N)CCN1CCC. The van der Waals surface area contributed by atoms with E-state index in [9.17, 15) is 0 Å². The van der Waals surface area contributed by atoms with E-state index in [1.54, 1.807) is 0 Å². The van der Waals surface area contributed by atoms with E-state index in [0.29, 0.717) is 6.17 Å². The predicted molar refractivity (Wildman–Crippen MR) is 121 cm³/mol. The van der Waals surface area contributed by atoms with E-state index >= 15 is 0 Å². The Balaban J connectivity index is 1.79. The van der Waals surface area contributed by atoms with E-state index < -0.39 is 0 Å². The number of hydrogen-bond acceptors (Lipinski definition) is 3. The molecule has 162 valence electrons. The highest BCUT2D eigenvalue weighted by atomic mass is 15.5. The molecule has 0 amide bonds. The van der Waals surface area contributed by atoms with Crippen LogP contribution >= 0.6 is 0 Å². The minimum atomic E-state index is 0.511. The van der Waals surface area contributed by atoms with Crippen molar-refractivity contribution in [3.63, 3.8) is 0 Å². The van der Waals surface area contributed by atoms with Gasteiger partial charge in [-0.05, 0) is 19.4 Å². The van der Waals surface area contributed by atoms with Crippen LogP contribution < -0.4 is 5.84 Å². The summed E-state index contributed by atoms with van der Waals surface area (Å²) in [5.74, 6) is 6.16. The van der Waals surface area contributed by atoms with Crippen LogP contribution in [-0.2, 0) is 0 Å². The van der Waals surface area contributed by atoms with Gasteiger partial charge in [-0.1, -0.05) is 117 Å². The average Bonchev–Trinajstić information content (AvgIpc) is 3.01. The van der Waals surface area contributed by atoms with Crippen molar-refractivity contribution in [2.45, 2.75) is 136 Å².